The van der Waals surface area contributed by atoms with Crippen LogP contribution >= 0.6 is 11.6 Å². The average Bonchev–Trinajstić information content (AvgIpc) is 2.46. The molecule has 3 rings (SSSR count). The lowest BCUT2D eigenvalue weighted by molar-refractivity contribution is 0.307. The first-order valence-corrected chi connectivity index (χ1v) is 6.42. The Hall–Kier alpha value is -2.06. The highest BCUT2D eigenvalue weighted by Gasteiger charge is 2.04. The van der Waals surface area contributed by atoms with Crippen LogP contribution < -0.4 is 4.74 Å². The molecular formula is C16H12ClNO. The fourth-order valence-corrected chi connectivity index (χ4v) is 2.19. The van der Waals surface area contributed by atoms with Gasteiger partial charge < -0.3 is 4.74 Å². The molecule has 0 atom stereocenters. The van der Waals surface area contributed by atoms with E-state index in [0.717, 1.165) is 16.5 Å². The van der Waals surface area contributed by atoms with Crippen LogP contribution in [-0.2, 0) is 6.61 Å². The van der Waals surface area contributed by atoms with Crippen LogP contribution in [0.15, 0.2) is 60.8 Å². The molecule has 0 aliphatic heterocycles. The van der Waals surface area contributed by atoms with E-state index in [0.29, 0.717) is 17.4 Å². The summed E-state index contributed by atoms with van der Waals surface area (Å²) < 4.78 is 5.76. The first kappa shape index (κ1) is 12.0. The van der Waals surface area contributed by atoms with Gasteiger partial charge in [-0.2, -0.15) is 0 Å². The summed E-state index contributed by atoms with van der Waals surface area (Å²) in [5.41, 5.74) is 2.02. The number of nitrogens with zero attached hydrogens (tertiary/aromatic N) is 1. The van der Waals surface area contributed by atoms with Gasteiger partial charge in [0.2, 0.25) is 0 Å². The van der Waals surface area contributed by atoms with Crippen molar-refractivity contribution in [1.29, 1.82) is 0 Å². The highest BCUT2D eigenvalue weighted by atomic mass is 35.5. The van der Waals surface area contributed by atoms with Crippen LogP contribution in [0.4, 0.5) is 0 Å². The minimum absolute atomic E-state index is 0.456. The van der Waals surface area contributed by atoms with Crippen LogP contribution in [0.3, 0.4) is 0 Å². The van der Waals surface area contributed by atoms with Gasteiger partial charge in [0, 0.05) is 17.1 Å². The summed E-state index contributed by atoms with van der Waals surface area (Å²) in [6.07, 6.45) is 1.79. The first-order chi connectivity index (χ1) is 9.34. The van der Waals surface area contributed by atoms with Crippen LogP contribution in [0.2, 0.25) is 5.02 Å². The van der Waals surface area contributed by atoms with E-state index in [1.54, 1.807) is 6.20 Å². The summed E-state index contributed by atoms with van der Waals surface area (Å²) in [7, 11) is 0. The normalized spacial score (nSPS) is 10.6. The number of rotatable bonds is 3. The molecular weight excluding hydrogens is 258 g/mol. The lowest BCUT2D eigenvalue weighted by atomic mass is 10.1. The molecule has 0 aliphatic rings. The number of hydrogen-bond donors (Lipinski definition) is 0. The fourth-order valence-electron chi connectivity index (χ4n) is 2.00. The maximum Gasteiger partial charge on any atom is 0.138 e. The molecule has 0 saturated carbocycles. The maximum atomic E-state index is 6.07. The SMILES string of the molecule is Clc1ccccc1OCc1cccc2cccnc12. The molecule has 0 fully saturated rings. The number of fused-ring (bicyclic) bond motifs is 1. The van der Waals surface area contributed by atoms with Gasteiger partial charge in [0.1, 0.15) is 12.4 Å². The second-order valence-electron chi connectivity index (χ2n) is 4.21. The fraction of sp³-hybridized carbons (Fsp3) is 0.0625. The number of para-hydroxylation sites is 2. The van der Waals surface area contributed by atoms with E-state index in [-0.39, 0.29) is 0 Å². The van der Waals surface area contributed by atoms with Crippen molar-refractivity contribution >= 4 is 22.5 Å². The number of hydrogen-bond acceptors (Lipinski definition) is 2. The Kier molecular flexibility index (Phi) is 3.34. The van der Waals surface area contributed by atoms with Crippen molar-refractivity contribution in [1.82, 2.24) is 4.98 Å². The summed E-state index contributed by atoms with van der Waals surface area (Å²) in [6.45, 7) is 0.456. The number of ether oxygens (including phenoxy) is 1. The standard InChI is InChI=1S/C16H12ClNO/c17-14-8-1-2-9-15(14)19-11-13-6-3-5-12-7-4-10-18-16(12)13/h1-10H,11H2. The van der Waals surface area contributed by atoms with Gasteiger partial charge in [0.25, 0.3) is 0 Å². The van der Waals surface area contributed by atoms with Crippen molar-refractivity contribution < 1.29 is 4.74 Å². The van der Waals surface area contributed by atoms with E-state index < -0.39 is 0 Å². The third-order valence-electron chi connectivity index (χ3n) is 2.94. The molecule has 0 bridgehead atoms. The predicted molar refractivity (Wildman–Crippen MR) is 77.5 cm³/mol. The topological polar surface area (TPSA) is 22.1 Å². The summed E-state index contributed by atoms with van der Waals surface area (Å²) in [6, 6.07) is 17.5. The van der Waals surface area contributed by atoms with Crippen molar-refractivity contribution in [2.45, 2.75) is 6.61 Å². The number of aromatic nitrogens is 1. The van der Waals surface area contributed by atoms with E-state index >= 15 is 0 Å². The molecule has 3 heteroatoms. The highest BCUT2D eigenvalue weighted by Crippen LogP contribution is 2.25. The van der Waals surface area contributed by atoms with Gasteiger partial charge in [-0.25, -0.2) is 0 Å². The van der Waals surface area contributed by atoms with Crippen LogP contribution in [0.5, 0.6) is 5.75 Å². The average molecular weight is 270 g/mol. The van der Waals surface area contributed by atoms with Crippen LogP contribution in [-0.4, -0.2) is 4.98 Å². The third kappa shape index (κ3) is 2.54. The second kappa shape index (κ2) is 5.29. The quantitative estimate of drug-likeness (QED) is 0.700. The predicted octanol–water partition coefficient (Wildman–Crippen LogP) is 4.47. The molecule has 3 aromatic rings. The summed E-state index contributed by atoms with van der Waals surface area (Å²) in [4.78, 5) is 4.40. The van der Waals surface area contributed by atoms with Crippen molar-refractivity contribution in [3.05, 3.63) is 71.4 Å². The van der Waals surface area contributed by atoms with E-state index in [9.17, 15) is 0 Å². The molecule has 0 unspecified atom stereocenters. The van der Waals surface area contributed by atoms with Gasteiger partial charge in [0.05, 0.1) is 10.5 Å². The third-order valence-corrected chi connectivity index (χ3v) is 3.25. The Labute approximate surface area is 116 Å². The Morgan fingerprint density at radius 1 is 0.947 bits per heavy atom. The zero-order valence-electron chi connectivity index (χ0n) is 10.2. The van der Waals surface area contributed by atoms with Crippen LogP contribution in [0, 0.1) is 0 Å². The number of pyridine rings is 1. The zero-order valence-corrected chi connectivity index (χ0v) is 11.0. The van der Waals surface area contributed by atoms with Gasteiger partial charge in [-0.05, 0) is 18.2 Å². The van der Waals surface area contributed by atoms with E-state index in [2.05, 4.69) is 4.98 Å². The molecule has 1 heterocycles. The van der Waals surface area contributed by atoms with Gasteiger partial charge in [-0.3, -0.25) is 4.98 Å². The molecule has 94 valence electrons. The van der Waals surface area contributed by atoms with Crippen LogP contribution in [0.1, 0.15) is 5.56 Å². The maximum absolute atomic E-state index is 6.07. The van der Waals surface area contributed by atoms with Crippen molar-refractivity contribution in [2.75, 3.05) is 0 Å². The van der Waals surface area contributed by atoms with E-state index in [4.69, 9.17) is 16.3 Å². The molecule has 0 spiro atoms. The Bertz CT molecular complexity index is 706. The smallest absolute Gasteiger partial charge is 0.138 e. The largest absolute Gasteiger partial charge is 0.487 e. The molecule has 0 amide bonds. The summed E-state index contributed by atoms with van der Waals surface area (Å²) in [5, 5.41) is 1.73. The Morgan fingerprint density at radius 3 is 2.68 bits per heavy atom. The number of halogens is 1. The minimum atomic E-state index is 0.456. The second-order valence-corrected chi connectivity index (χ2v) is 4.62. The first-order valence-electron chi connectivity index (χ1n) is 6.04. The summed E-state index contributed by atoms with van der Waals surface area (Å²) >= 11 is 6.07. The van der Waals surface area contributed by atoms with Crippen molar-refractivity contribution in [3.63, 3.8) is 0 Å². The number of benzene rings is 2. The van der Waals surface area contributed by atoms with Gasteiger partial charge in [-0.1, -0.05) is 48.0 Å². The molecule has 0 saturated heterocycles. The Morgan fingerprint density at radius 2 is 1.79 bits per heavy atom. The lowest BCUT2D eigenvalue weighted by Gasteiger charge is -2.09. The summed E-state index contributed by atoms with van der Waals surface area (Å²) in [5.74, 6) is 0.692. The Balaban J connectivity index is 1.88. The zero-order chi connectivity index (χ0) is 13.1. The highest BCUT2D eigenvalue weighted by molar-refractivity contribution is 6.32. The monoisotopic (exact) mass is 269 g/mol. The van der Waals surface area contributed by atoms with Gasteiger partial charge in [-0.15, -0.1) is 0 Å². The van der Waals surface area contributed by atoms with E-state index in [1.165, 1.54) is 0 Å². The minimum Gasteiger partial charge on any atom is -0.487 e. The molecule has 0 aliphatic carbocycles. The molecule has 0 radical (unpaired) electrons. The lowest BCUT2D eigenvalue weighted by Crippen LogP contribution is -1.97. The van der Waals surface area contributed by atoms with Crippen molar-refractivity contribution in [3.8, 4) is 5.75 Å². The molecule has 0 N–H and O–H groups in total. The van der Waals surface area contributed by atoms with Gasteiger partial charge in [0.15, 0.2) is 0 Å². The van der Waals surface area contributed by atoms with Crippen LogP contribution in [0.25, 0.3) is 10.9 Å². The molecule has 2 nitrogen and oxygen atoms in total. The molecule has 1 aromatic heterocycles. The molecule has 2 aromatic carbocycles. The van der Waals surface area contributed by atoms with Gasteiger partial charge >= 0.3 is 0 Å². The van der Waals surface area contributed by atoms with Crippen molar-refractivity contribution in [2.24, 2.45) is 0 Å². The molecule has 19 heavy (non-hydrogen) atoms. The van der Waals surface area contributed by atoms with E-state index in [1.807, 2.05) is 54.6 Å².